The molecule has 104 valence electrons. The van der Waals surface area contributed by atoms with Crippen LogP contribution >= 0.6 is 0 Å². The van der Waals surface area contributed by atoms with Gasteiger partial charge in [0.1, 0.15) is 0 Å². The number of nitrogens with zero attached hydrogens (tertiary/aromatic N) is 1. The predicted molar refractivity (Wildman–Crippen MR) is 77.8 cm³/mol. The van der Waals surface area contributed by atoms with Crippen LogP contribution in [0.2, 0.25) is 0 Å². The fourth-order valence-corrected chi connectivity index (χ4v) is 3.35. The molecule has 0 atom stereocenters. The van der Waals surface area contributed by atoms with Crippen molar-refractivity contribution < 1.29 is 4.79 Å². The molecule has 1 aliphatic rings. The number of primary amides is 1. The van der Waals surface area contributed by atoms with Crippen LogP contribution in [0.5, 0.6) is 0 Å². The van der Waals surface area contributed by atoms with Gasteiger partial charge < -0.3 is 11.5 Å². The van der Waals surface area contributed by atoms with E-state index in [0.717, 1.165) is 31.2 Å². The molecule has 0 spiro atoms. The standard InChI is InChI=1S/C15H23N3O/c1-18(2)15(9-4-3-5-10-15)13-11(14(17)19)7-6-8-12(13)16/h6-8H,3-5,9-10,16H2,1-2H3,(H2,17,19). The second kappa shape index (κ2) is 5.21. The van der Waals surface area contributed by atoms with E-state index in [1.165, 1.54) is 6.42 Å². The zero-order valence-corrected chi connectivity index (χ0v) is 11.8. The minimum absolute atomic E-state index is 0.159. The minimum Gasteiger partial charge on any atom is -0.398 e. The van der Waals surface area contributed by atoms with E-state index in [1.807, 2.05) is 6.07 Å². The molecule has 0 heterocycles. The van der Waals surface area contributed by atoms with Crippen LogP contribution in [0.15, 0.2) is 18.2 Å². The van der Waals surface area contributed by atoms with Crippen LogP contribution in [0.4, 0.5) is 5.69 Å². The third-order valence-electron chi connectivity index (χ3n) is 4.36. The highest BCUT2D eigenvalue weighted by molar-refractivity contribution is 5.96. The third-order valence-corrected chi connectivity index (χ3v) is 4.36. The molecule has 0 aromatic heterocycles. The molecule has 1 aromatic rings. The molecule has 2 rings (SSSR count). The topological polar surface area (TPSA) is 72.3 Å². The van der Waals surface area contributed by atoms with Crippen LogP contribution in [-0.4, -0.2) is 24.9 Å². The Bertz CT molecular complexity index is 476. The molecule has 1 aromatic carbocycles. The molecule has 4 nitrogen and oxygen atoms in total. The first kappa shape index (κ1) is 13.9. The molecular weight excluding hydrogens is 238 g/mol. The van der Waals surface area contributed by atoms with Gasteiger partial charge in [-0.3, -0.25) is 9.69 Å². The monoisotopic (exact) mass is 261 g/mol. The summed E-state index contributed by atoms with van der Waals surface area (Å²) in [5.41, 5.74) is 13.7. The maximum Gasteiger partial charge on any atom is 0.249 e. The van der Waals surface area contributed by atoms with E-state index < -0.39 is 5.91 Å². The minimum atomic E-state index is -0.394. The van der Waals surface area contributed by atoms with Crippen LogP contribution in [0.25, 0.3) is 0 Å². The Morgan fingerprint density at radius 2 is 1.84 bits per heavy atom. The van der Waals surface area contributed by atoms with Crippen LogP contribution in [0, 0.1) is 0 Å². The van der Waals surface area contributed by atoms with Crippen molar-refractivity contribution in [3.8, 4) is 0 Å². The van der Waals surface area contributed by atoms with Gasteiger partial charge in [0.05, 0.1) is 0 Å². The third kappa shape index (κ3) is 2.32. The lowest BCUT2D eigenvalue weighted by Gasteiger charge is -2.44. The van der Waals surface area contributed by atoms with Crippen molar-refractivity contribution in [3.05, 3.63) is 29.3 Å². The Balaban J connectivity index is 2.62. The zero-order valence-electron chi connectivity index (χ0n) is 11.8. The number of carbonyl (C=O) groups is 1. The van der Waals surface area contributed by atoms with Crippen molar-refractivity contribution in [2.24, 2.45) is 5.73 Å². The summed E-state index contributed by atoms with van der Waals surface area (Å²) < 4.78 is 0. The number of hydrogen-bond donors (Lipinski definition) is 2. The van der Waals surface area contributed by atoms with Gasteiger partial charge in [-0.25, -0.2) is 0 Å². The van der Waals surface area contributed by atoms with Gasteiger partial charge >= 0.3 is 0 Å². The second-order valence-electron chi connectivity index (χ2n) is 5.62. The molecule has 1 fully saturated rings. The van der Waals surface area contributed by atoms with Crippen molar-refractivity contribution in [2.45, 2.75) is 37.6 Å². The number of rotatable bonds is 3. The van der Waals surface area contributed by atoms with Gasteiger partial charge in [0.25, 0.3) is 0 Å². The highest BCUT2D eigenvalue weighted by atomic mass is 16.1. The van der Waals surface area contributed by atoms with E-state index in [1.54, 1.807) is 12.1 Å². The molecule has 0 bridgehead atoms. The summed E-state index contributed by atoms with van der Waals surface area (Å²) in [6, 6.07) is 5.45. The number of benzene rings is 1. The highest BCUT2D eigenvalue weighted by Crippen LogP contribution is 2.44. The van der Waals surface area contributed by atoms with Gasteiger partial charge in [-0.1, -0.05) is 25.3 Å². The molecular formula is C15H23N3O. The van der Waals surface area contributed by atoms with E-state index in [2.05, 4.69) is 19.0 Å². The molecule has 0 unspecified atom stereocenters. The number of amides is 1. The summed E-state index contributed by atoms with van der Waals surface area (Å²) >= 11 is 0. The van der Waals surface area contributed by atoms with Crippen LogP contribution in [-0.2, 0) is 5.54 Å². The number of nitrogens with two attached hydrogens (primary N) is 2. The average Bonchev–Trinajstić information content (AvgIpc) is 2.38. The summed E-state index contributed by atoms with van der Waals surface area (Å²) in [5.74, 6) is -0.394. The maximum atomic E-state index is 11.7. The average molecular weight is 261 g/mol. The highest BCUT2D eigenvalue weighted by Gasteiger charge is 2.39. The lowest BCUT2D eigenvalue weighted by Crippen LogP contribution is -2.45. The van der Waals surface area contributed by atoms with Gasteiger partial charge in [-0.2, -0.15) is 0 Å². The first-order valence-electron chi connectivity index (χ1n) is 6.85. The van der Waals surface area contributed by atoms with Gasteiger partial charge in [-0.05, 0) is 39.1 Å². The number of carbonyl (C=O) groups excluding carboxylic acids is 1. The summed E-state index contributed by atoms with van der Waals surface area (Å²) in [6.07, 6.45) is 5.60. The van der Waals surface area contributed by atoms with Crippen LogP contribution in [0.1, 0.15) is 48.0 Å². The molecule has 1 saturated carbocycles. The van der Waals surface area contributed by atoms with E-state index in [-0.39, 0.29) is 5.54 Å². The van der Waals surface area contributed by atoms with E-state index in [9.17, 15) is 4.79 Å². The largest absolute Gasteiger partial charge is 0.398 e. The van der Waals surface area contributed by atoms with E-state index >= 15 is 0 Å². The normalized spacial score (nSPS) is 18.5. The van der Waals surface area contributed by atoms with Crippen molar-refractivity contribution in [2.75, 3.05) is 19.8 Å². The number of anilines is 1. The summed E-state index contributed by atoms with van der Waals surface area (Å²) in [5, 5.41) is 0. The van der Waals surface area contributed by atoms with Gasteiger partial charge in [-0.15, -0.1) is 0 Å². The maximum absolute atomic E-state index is 11.7. The molecule has 4 heteroatoms. The molecule has 4 N–H and O–H groups in total. The van der Waals surface area contributed by atoms with E-state index in [0.29, 0.717) is 11.3 Å². The van der Waals surface area contributed by atoms with Gasteiger partial charge in [0.15, 0.2) is 0 Å². The van der Waals surface area contributed by atoms with E-state index in [4.69, 9.17) is 11.5 Å². The fraction of sp³-hybridized carbons (Fsp3) is 0.533. The molecule has 1 aliphatic carbocycles. The predicted octanol–water partition coefficient (Wildman–Crippen LogP) is 2.09. The Labute approximate surface area is 114 Å². The lowest BCUT2D eigenvalue weighted by atomic mass is 9.73. The summed E-state index contributed by atoms with van der Waals surface area (Å²) in [7, 11) is 4.12. The first-order valence-corrected chi connectivity index (χ1v) is 6.85. The fourth-order valence-electron chi connectivity index (χ4n) is 3.35. The van der Waals surface area contributed by atoms with Gasteiger partial charge in [0, 0.05) is 22.4 Å². The molecule has 0 aliphatic heterocycles. The molecule has 0 saturated heterocycles. The Morgan fingerprint density at radius 1 is 1.21 bits per heavy atom. The van der Waals surface area contributed by atoms with Crippen molar-refractivity contribution >= 4 is 11.6 Å². The zero-order chi connectivity index (χ0) is 14.0. The van der Waals surface area contributed by atoms with Crippen molar-refractivity contribution in [1.82, 2.24) is 4.90 Å². The Kier molecular flexibility index (Phi) is 3.80. The van der Waals surface area contributed by atoms with Crippen LogP contribution < -0.4 is 11.5 Å². The number of nitrogen functional groups attached to an aromatic ring is 1. The molecule has 1 amide bonds. The quantitative estimate of drug-likeness (QED) is 0.818. The summed E-state index contributed by atoms with van der Waals surface area (Å²) in [4.78, 5) is 13.9. The SMILES string of the molecule is CN(C)C1(c2c(N)cccc2C(N)=O)CCCCC1. The first-order chi connectivity index (χ1) is 8.99. The van der Waals surface area contributed by atoms with Crippen molar-refractivity contribution in [1.29, 1.82) is 0 Å². The second-order valence-corrected chi connectivity index (χ2v) is 5.62. The van der Waals surface area contributed by atoms with Crippen molar-refractivity contribution in [3.63, 3.8) is 0 Å². The smallest absolute Gasteiger partial charge is 0.249 e. The van der Waals surface area contributed by atoms with Crippen LogP contribution in [0.3, 0.4) is 0 Å². The molecule has 19 heavy (non-hydrogen) atoms. The lowest BCUT2D eigenvalue weighted by molar-refractivity contribution is 0.0919. The Morgan fingerprint density at radius 3 is 2.37 bits per heavy atom. The van der Waals surface area contributed by atoms with Gasteiger partial charge in [0.2, 0.25) is 5.91 Å². The molecule has 0 radical (unpaired) electrons. The Hall–Kier alpha value is -1.55. The number of hydrogen-bond acceptors (Lipinski definition) is 3. The summed E-state index contributed by atoms with van der Waals surface area (Å²) in [6.45, 7) is 0.